The molecule has 1 aromatic carbocycles. The second-order valence-corrected chi connectivity index (χ2v) is 6.10. The van der Waals surface area contributed by atoms with Gasteiger partial charge in [-0.05, 0) is 37.1 Å². The largest absolute Gasteiger partial charge is 0.388 e. The monoisotopic (exact) mass is 314 g/mol. The van der Waals surface area contributed by atoms with Gasteiger partial charge in [-0.15, -0.1) is 0 Å². The maximum absolute atomic E-state index is 13.0. The zero-order chi connectivity index (χ0) is 16.6. The number of ether oxygens (including phenoxy) is 1. The van der Waals surface area contributed by atoms with Gasteiger partial charge in [0.25, 0.3) is 5.91 Å². The molecular weight excluding hydrogens is 292 g/mol. The van der Waals surface area contributed by atoms with E-state index in [1.165, 1.54) is 5.56 Å². The van der Waals surface area contributed by atoms with Crippen LogP contribution in [0.4, 0.5) is 0 Å². The minimum atomic E-state index is -0.635. The van der Waals surface area contributed by atoms with E-state index in [0.29, 0.717) is 12.2 Å². The van der Waals surface area contributed by atoms with Gasteiger partial charge < -0.3 is 14.7 Å². The lowest BCUT2D eigenvalue weighted by Crippen LogP contribution is -2.44. The van der Waals surface area contributed by atoms with Gasteiger partial charge in [0.15, 0.2) is 0 Å². The Hall–Kier alpha value is -1.98. The third-order valence-corrected chi connectivity index (χ3v) is 4.48. The maximum atomic E-state index is 13.0. The summed E-state index contributed by atoms with van der Waals surface area (Å²) in [6, 6.07) is 7.56. The molecular formula is C18H22N2O3. The summed E-state index contributed by atoms with van der Waals surface area (Å²) >= 11 is 0. The molecule has 2 aromatic rings. The van der Waals surface area contributed by atoms with Crippen LogP contribution in [0.3, 0.4) is 0 Å². The number of aliphatic hydroxyl groups excluding tert-OH is 1. The van der Waals surface area contributed by atoms with E-state index >= 15 is 0 Å². The van der Waals surface area contributed by atoms with Gasteiger partial charge in [0.1, 0.15) is 0 Å². The van der Waals surface area contributed by atoms with Crippen LogP contribution in [0.15, 0.2) is 24.3 Å². The van der Waals surface area contributed by atoms with Crippen LogP contribution in [-0.4, -0.2) is 53.3 Å². The molecule has 1 aliphatic heterocycles. The number of carbonyl (C=O) groups is 1. The quantitative estimate of drug-likeness (QED) is 0.940. The number of rotatable bonds is 3. The van der Waals surface area contributed by atoms with Crippen molar-refractivity contribution in [2.75, 3.05) is 20.3 Å². The highest BCUT2D eigenvalue weighted by molar-refractivity contribution is 6.06. The van der Waals surface area contributed by atoms with E-state index < -0.39 is 6.10 Å². The number of carbonyl (C=O) groups excluding carboxylic acids is 1. The first kappa shape index (κ1) is 15.9. The van der Waals surface area contributed by atoms with Crippen LogP contribution in [0.25, 0.3) is 10.9 Å². The predicted octanol–water partition coefficient (Wildman–Crippen LogP) is 1.94. The molecule has 1 aromatic heterocycles. The number of benzene rings is 1. The normalized spacial score (nSPS) is 20.9. The third kappa shape index (κ3) is 2.94. The van der Waals surface area contributed by atoms with Crippen molar-refractivity contribution >= 4 is 16.8 Å². The first-order chi connectivity index (χ1) is 11.0. The number of fused-ring (bicyclic) bond motifs is 1. The summed E-state index contributed by atoms with van der Waals surface area (Å²) in [5.74, 6) is -0.108. The summed E-state index contributed by atoms with van der Waals surface area (Å²) < 4.78 is 5.27. The Balaban J connectivity index is 2.05. The van der Waals surface area contributed by atoms with Crippen LogP contribution in [0.5, 0.6) is 0 Å². The van der Waals surface area contributed by atoms with Crippen LogP contribution in [0.2, 0.25) is 0 Å². The molecule has 5 nitrogen and oxygen atoms in total. The molecule has 23 heavy (non-hydrogen) atoms. The van der Waals surface area contributed by atoms with E-state index in [2.05, 4.69) is 11.9 Å². The smallest absolute Gasteiger partial charge is 0.254 e. The standard InChI is InChI=1S/C18H22N2O3/c1-4-12-5-6-15-13(8-12)14(7-11(2)19-15)18(22)20(3)16-9-23-10-17(16)21/h5-8,16-17,21H,4,9-10H2,1-3H3. The lowest BCUT2D eigenvalue weighted by molar-refractivity contribution is 0.0583. The number of likely N-dealkylation sites (N-methyl/N-ethyl adjacent to an activating group) is 1. The number of hydrogen-bond acceptors (Lipinski definition) is 4. The van der Waals surface area contributed by atoms with Crippen LogP contribution in [0.1, 0.15) is 28.5 Å². The van der Waals surface area contributed by atoms with Crippen LogP contribution >= 0.6 is 0 Å². The summed E-state index contributed by atoms with van der Waals surface area (Å²) in [6.07, 6.45) is 0.270. The Morgan fingerprint density at radius 2 is 2.17 bits per heavy atom. The highest BCUT2D eigenvalue weighted by Crippen LogP contribution is 2.23. The fraction of sp³-hybridized carbons (Fsp3) is 0.444. The molecule has 1 fully saturated rings. The summed E-state index contributed by atoms with van der Waals surface area (Å²) in [5, 5.41) is 10.8. The van der Waals surface area contributed by atoms with Crippen LogP contribution < -0.4 is 0 Å². The molecule has 0 radical (unpaired) electrons. The molecule has 2 atom stereocenters. The fourth-order valence-corrected chi connectivity index (χ4v) is 3.04. The van der Waals surface area contributed by atoms with Gasteiger partial charge in [0, 0.05) is 18.1 Å². The lowest BCUT2D eigenvalue weighted by atomic mass is 10.0. The van der Waals surface area contributed by atoms with Crippen molar-refractivity contribution in [3.8, 4) is 0 Å². The van der Waals surface area contributed by atoms with Gasteiger partial charge in [0.2, 0.25) is 0 Å². The van der Waals surface area contributed by atoms with E-state index in [-0.39, 0.29) is 18.6 Å². The number of pyridine rings is 1. The molecule has 1 saturated heterocycles. The molecule has 2 heterocycles. The zero-order valence-corrected chi connectivity index (χ0v) is 13.7. The molecule has 5 heteroatoms. The molecule has 3 rings (SSSR count). The van der Waals surface area contributed by atoms with E-state index in [1.807, 2.05) is 31.2 Å². The second kappa shape index (κ2) is 6.26. The molecule has 2 unspecified atom stereocenters. The van der Waals surface area contributed by atoms with Crippen molar-refractivity contribution in [2.24, 2.45) is 0 Å². The molecule has 1 N–H and O–H groups in total. The Kier molecular flexibility index (Phi) is 4.33. The highest BCUT2D eigenvalue weighted by atomic mass is 16.5. The summed E-state index contributed by atoms with van der Waals surface area (Å²) in [6.45, 7) is 4.62. The SMILES string of the molecule is CCc1ccc2nc(C)cc(C(=O)N(C)C3COCC3O)c2c1. The zero-order valence-electron chi connectivity index (χ0n) is 13.7. The fourth-order valence-electron chi connectivity index (χ4n) is 3.04. The van der Waals surface area contributed by atoms with Gasteiger partial charge in [-0.1, -0.05) is 13.0 Å². The number of amides is 1. The van der Waals surface area contributed by atoms with Crippen LogP contribution in [-0.2, 0) is 11.2 Å². The molecule has 0 saturated carbocycles. The maximum Gasteiger partial charge on any atom is 0.254 e. The molecule has 1 aliphatic rings. The minimum Gasteiger partial charge on any atom is -0.388 e. The first-order valence-corrected chi connectivity index (χ1v) is 7.94. The van der Waals surface area contributed by atoms with Crippen molar-refractivity contribution in [3.63, 3.8) is 0 Å². The molecule has 1 amide bonds. The highest BCUT2D eigenvalue weighted by Gasteiger charge is 2.33. The Morgan fingerprint density at radius 3 is 2.83 bits per heavy atom. The number of aryl methyl sites for hydroxylation is 2. The molecule has 0 spiro atoms. The van der Waals surface area contributed by atoms with Crippen LogP contribution in [0, 0.1) is 6.92 Å². The number of aromatic nitrogens is 1. The average Bonchev–Trinajstić information content (AvgIpc) is 2.98. The van der Waals surface area contributed by atoms with E-state index in [4.69, 9.17) is 4.74 Å². The number of nitrogens with zero attached hydrogens (tertiary/aromatic N) is 2. The van der Waals surface area contributed by atoms with Gasteiger partial charge in [-0.2, -0.15) is 0 Å². The summed E-state index contributed by atoms with van der Waals surface area (Å²) in [5.41, 5.74) is 3.43. The Labute approximate surface area is 135 Å². The summed E-state index contributed by atoms with van der Waals surface area (Å²) in [7, 11) is 1.72. The Bertz CT molecular complexity index is 744. The number of aliphatic hydroxyl groups is 1. The minimum absolute atomic E-state index is 0.108. The van der Waals surface area contributed by atoms with Gasteiger partial charge >= 0.3 is 0 Å². The van der Waals surface area contributed by atoms with Crippen molar-refractivity contribution in [1.29, 1.82) is 0 Å². The van der Waals surface area contributed by atoms with Crippen molar-refractivity contribution < 1.29 is 14.6 Å². The topological polar surface area (TPSA) is 62.7 Å². The summed E-state index contributed by atoms with van der Waals surface area (Å²) in [4.78, 5) is 19.1. The molecule has 0 aliphatic carbocycles. The third-order valence-electron chi connectivity index (χ3n) is 4.48. The van der Waals surface area contributed by atoms with Gasteiger partial charge in [-0.25, -0.2) is 0 Å². The number of hydrogen-bond donors (Lipinski definition) is 1. The second-order valence-electron chi connectivity index (χ2n) is 6.10. The van der Waals surface area contributed by atoms with E-state index in [9.17, 15) is 9.90 Å². The van der Waals surface area contributed by atoms with Crippen molar-refractivity contribution in [2.45, 2.75) is 32.4 Å². The van der Waals surface area contributed by atoms with Gasteiger partial charge in [-0.3, -0.25) is 9.78 Å². The molecule has 122 valence electrons. The van der Waals surface area contributed by atoms with Crippen molar-refractivity contribution in [3.05, 3.63) is 41.1 Å². The Morgan fingerprint density at radius 1 is 1.39 bits per heavy atom. The van der Waals surface area contributed by atoms with Gasteiger partial charge in [0.05, 0.1) is 36.4 Å². The predicted molar refractivity (Wildman–Crippen MR) is 88.6 cm³/mol. The lowest BCUT2D eigenvalue weighted by Gasteiger charge is -2.26. The first-order valence-electron chi connectivity index (χ1n) is 7.94. The molecule has 0 bridgehead atoms. The van der Waals surface area contributed by atoms with E-state index in [1.54, 1.807) is 11.9 Å². The van der Waals surface area contributed by atoms with E-state index in [0.717, 1.165) is 23.0 Å². The average molecular weight is 314 g/mol. The van der Waals surface area contributed by atoms with Crippen molar-refractivity contribution in [1.82, 2.24) is 9.88 Å².